The van der Waals surface area contributed by atoms with Crippen molar-refractivity contribution >= 4 is 0 Å². The third-order valence-corrected chi connectivity index (χ3v) is 4.24. The molecular formula is C16H25N5O. The maximum absolute atomic E-state index is 5.95. The van der Waals surface area contributed by atoms with Crippen molar-refractivity contribution in [2.24, 2.45) is 0 Å². The zero-order chi connectivity index (χ0) is 15.6. The normalized spacial score (nSPS) is 20.4. The Kier molecular flexibility index (Phi) is 4.29. The van der Waals surface area contributed by atoms with Crippen LogP contribution in [0.4, 0.5) is 0 Å². The maximum Gasteiger partial charge on any atom is 0.208 e. The Labute approximate surface area is 131 Å². The molecule has 1 aliphatic rings. The van der Waals surface area contributed by atoms with Crippen LogP contribution in [0.5, 0.6) is 0 Å². The van der Waals surface area contributed by atoms with Crippen LogP contribution in [-0.4, -0.2) is 37.2 Å². The molecule has 0 unspecified atom stereocenters. The van der Waals surface area contributed by atoms with Gasteiger partial charge in [0, 0.05) is 11.5 Å². The van der Waals surface area contributed by atoms with Crippen molar-refractivity contribution in [1.82, 2.24) is 24.6 Å². The van der Waals surface area contributed by atoms with Gasteiger partial charge in [0.05, 0.1) is 19.3 Å². The summed E-state index contributed by atoms with van der Waals surface area (Å²) in [5, 5.41) is 4.23. The van der Waals surface area contributed by atoms with Crippen molar-refractivity contribution in [3.05, 3.63) is 30.5 Å². The van der Waals surface area contributed by atoms with E-state index in [2.05, 4.69) is 40.7 Å². The number of hydrogen-bond donors (Lipinski definition) is 0. The lowest BCUT2D eigenvalue weighted by atomic mass is 9.94. The highest BCUT2D eigenvalue weighted by atomic mass is 16.4. The van der Waals surface area contributed by atoms with Gasteiger partial charge in [-0.25, -0.2) is 9.97 Å². The first-order valence-electron chi connectivity index (χ1n) is 8.04. The minimum absolute atomic E-state index is 0.00722. The van der Waals surface area contributed by atoms with E-state index < -0.39 is 0 Å². The molecule has 1 saturated heterocycles. The molecule has 6 heteroatoms. The second-order valence-electron chi connectivity index (χ2n) is 7.11. The zero-order valence-corrected chi connectivity index (χ0v) is 13.7. The second-order valence-corrected chi connectivity index (χ2v) is 7.11. The highest BCUT2D eigenvalue weighted by molar-refractivity contribution is 5.06. The third kappa shape index (κ3) is 3.55. The SMILES string of the molecule is CC(C)(C)c1cnc(CN2CCCC[C@H]2Cn2cncn2)o1. The third-order valence-electron chi connectivity index (χ3n) is 4.24. The molecule has 2 aromatic rings. The van der Waals surface area contributed by atoms with Crippen LogP contribution in [0.1, 0.15) is 51.7 Å². The number of likely N-dealkylation sites (tertiary alicyclic amines) is 1. The average molecular weight is 303 g/mol. The van der Waals surface area contributed by atoms with E-state index in [-0.39, 0.29) is 5.41 Å². The number of aromatic nitrogens is 4. The molecule has 0 spiro atoms. The summed E-state index contributed by atoms with van der Waals surface area (Å²) in [4.78, 5) is 11.0. The molecule has 0 aliphatic carbocycles. The van der Waals surface area contributed by atoms with Gasteiger partial charge >= 0.3 is 0 Å². The van der Waals surface area contributed by atoms with E-state index >= 15 is 0 Å². The van der Waals surface area contributed by atoms with Crippen LogP contribution < -0.4 is 0 Å². The Bertz CT molecular complexity index is 584. The van der Waals surface area contributed by atoms with Crippen LogP contribution in [0.25, 0.3) is 0 Å². The van der Waals surface area contributed by atoms with E-state index in [4.69, 9.17) is 4.42 Å². The second kappa shape index (κ2) is 6.20. The summed E-state index contributed by atoms with van der Waals surface area (Å²) in [6, 6.07) is 0.473. The molecule has 3 rings (SSSR count). The predicted octanol–water partition coefficient (Wildman–Crippen LogP) is 2.62. The Hall–Kier alpha value is -1.69. The van der Waals surface area contributed by atoms with E-state index in [0.717, 1.165) is 31.3 Å². The first kappa shape index (κ1) is 15.2. The predicted molar refractivity (Wildman–Crippen MR) is 83.3 cm³/mol. The van der Waals surface area contributed by atoms with Crippen molar-refractivity contribution in [2.75, 3.05) is 6.54 Å². The fraction of sp³-hybridized carbons (Fsp3) is 0.688. The summed E-state index contributed by atoms with van der Waals surface area (Å²) in [6.45, 7) is 9.18. The van der Waals surface area contributed by atoms with Gasteiger partial charge in [-0.05, 0) is 19.4 Å². The lowest BCUT2D eigenvalue weighted by molar-refractivity contribution is 0.110. The van der Waals surface area contributed by atoms with Gasteiger partial charge in [-0.3, -0.25) is 9.58 Å². The Morgan fingerprint density at radius 2 is 2.18 bits per heavy atom. The molecule has 22 heavy (non-hydrogen) atoms. The fourth-order valence-electron chi connectivity index (χ4n) is 2.92. The average Bonchev–Trinajstić information content (AvgIpc) is 3.11. The standard InChI is InChI=1S/C16H25N5O/c1-16(2,3)14-8-18-15(22-14)10-20-7-5-4-6-13(20)9-21-12-17-11-19-21/h8,11-13H,4-7,9-10H2,1-3H3/t13-/m0/s1. The summed E-state index contributed by atoms with van der Waals surface area (Å²) < 4.78 is 7.86. The molecule has 0 amide bonds. The number of piperidine rings is 1. The molecule has 1 fully saturated rings. The molecule has 0 radical (unpaired) electrons. The Balaban J connectivity index is 1.67. The quantitative estimate of drug-likeness (QED) is 0.869. The Morgan fingerprint density at radius 1 is 1.32 bits per heavy atom. The molecular weight excluding hydrogens is 278 g/mol. The number of hydrogen-bond acceptors (Lipinski definition) is 5. The van der Waals surface area contributed by atoms with Gasteiger partial charge in [0.25, 0.3) is 0 Å². The molecule has 3 heterocycles. The van der Waals surface area contributed by atoms with Crippen LogP contribution in [0, 0.1) is 0 Å². The fourth-order valence-corrected chi connectivity index (χ4v) is 2.92. The summed E-state index contributed by atoms with van der Waals surface area (Å²) in [5.74, 6) is 1.77. The van der Waals surface area contributed by atoms with Crippen LogP contribution in [0.3, 0.4) is 0 Å². The first-order chi connectivity index (χ1) is 10.5. The van der Waals surface area contributed by atoms with E-state index in [1.54, 1.807) is 12.7 Å². The first-order valence-corrected chi connectivity index (χ1v) is 8.04. The number of rotatable bonds is 4. The Morgan fingerprint density at radius 3 is 2.86 bits per heavy atom. The van der Waals surface area contributed by atoms with Gasteiger partial charge in [0.15, 0.2) is 0 Å². The molecule has 6 nitrogen and oxygen atoms in total. The molecule has 0 aromatic carbocycles. The summed E-state index contributed by atoms with van der Waals surface area (Å²) in [5.41, 5.74) is 0.00722. The number of oxazole rings is 1. The van der Waals surface area contributed by atoms with Crippen LogP contribution in [0.15, 0.2) is 23.3 Å². The van der Waals surface area contributed by atoms with Gasteiger partial charge < -0.3 is 4.42 Å². The topological polar surface area (TPSA) is 60.0 Å². The maximum atomic E-state index is 5.95. The molecule has 1 atom stereocenters. The van der Waals surface area contributed by atoms with Crippen LogP contribution in [-0.2, 0) is 18.5 Å². The summed E-state index contributed by atoms with van der Waals surface area (Å²) in [7, 11) is 0. The minimum atomic E-state index is 0.00722. The molecule has 0 N–H and O–H groups in total. The lowest BCUT2D eigenvalue weighted by Crippen LogP contribution is -2.41. The van der Waals surface area contributed by atoms with Crippen LogP contribution >= 0.6 is 0 Å². The van der Waals surface area contributed by atoms with Gasteiger partial charge in [0.2, 0.25) is 5.89 Å². The van der Waals surface area contributed by atoms with Crippen molar-refractivity contribution in [3.8, 4) is 0 Å². The number of nitrogens with zero attached hydrogens (tertiary/aromatic N) is 5. The molecule has 2 aromatic heterocycles. The van der Waals surface area contributed by atoms with Gasteiger partial charge in [0.1, 0.15) is 18.4 Å². The summed E-state index contributed by atoms with van der Waals surface area (Å²) in [6.07, 6.45) is 8.94. The highest BCUT2D eigenvalue weighted by Gasteiger charge is 2.26. The van der Waals surface area contributed by atoms with Crippen molar-refractivity contribution in [3.63, 3.8) is 0 Å². The lowest BCUT2D eigenvalue weighted by Gasteiger charge is -2.34. The summed E-state index contributed by atoms with van der Waals surface area (Å²) >= 11 is 0. The molecule has 0 bridgehead atoms. The minimum Gasteiger partial charge on any atom is -0.444 e. The molecule has 120 valence electrons. The van der Waals surface area contributed by atoms with E-state index in [0.29, 0.717) is 6.04 Å². The van der Waals surface area contributed by atoms with E-state index in [1.165, 1.54) is 19.3 Å². The molecule has 1 aliphatic heterocycles. The van der Waals surface area contributed by atoms with Crippen molar-refractivity contribution in [1.29, 1.82) is 0 Å². The van der Waals surface area contributed by atoms with Gasteiger partial charge in [-0.1, -0.05) is 27.2 Å². The zero-order valence-electron chi connectivity index (χ0n) is 13.7. The molecule has 0 saturated carbocycles. The monoisotopic (exact) mass is 303 g/mol. The van der Waals surface area contributed by atoms with E-state index in [9.17, 15) is 0 Å². The largest absolute Gasteiger partial charge is 0.444 e. The van der Waals surface area contributed by atoms with Crippen molar-refractivity contribution in [2.45, 2.75) is 64.6 Å². The van der Waals surface area contributed by atoms with Crippen molar-refractivity contribution < 1.29 is 4.42 Å². The van der Waals surface area contributed by atoms with Gasteiger partial charge in [-0.15, -0.1) is 0 Å². The van der Waals surface area contributed by atoms with E-state index in [1.807, 2.05) is 10.9 Å². The smallest absolute Gasteiger partial charge is 0.208 e. The highest BCUT2D eigenvalue weighted by Crippen LogP contribution is 2.25. The van der Waals surface area contributed by atoms with Crippen LogP contribution in [0.2, 0.25) is 0 Å². The van der Waals surface area contributed by atoms with Gasteiger partial charge in [-0.2, -0.15) is 5.10 Å².